The minimum Gasteiger partial charge on any atom is -0.443 e. The first kappa shape index (κ1) is 20.2. The molecule has 4 aromatic rings. The van der Waals surface area contributed by atoms with E-state index in [0.29, 0.717) is 16.4 Å². The van der Waals surface area contributed by atoms with E-state index in [2.05, 4.69) is 10.3 Å². The van der Waals surface area contributed by atoms with Crippen LogP contribution in [-0.2, 0) is 17.5 Å². The van der Waals surface area contributed by atoms with Gasteiger partial charge in [-0.3, -0.25) is 9.72 Å². The number of hydrogen-bond acceptors (Lipinski definition) is 4. The number of halogens is 4. The number of alkyl halides is 3. The van der Waals surface area contributed by atoms with Crippen LogP contribution in [0.15, 0.2) is 60.1 Å². The van der Waals surface area contributed by atoms with Gasteiger partial charge in [0, 0.05) is 27.9 Å². The second-order valence-electron chi connectivity index (χ2n) is 6.25. The van der Waals surface area contributed by atoms with E-state index in [-0.39, 0.29) is 12.3 Å². The third-order valence-corrected chi connectivity index (χ3v) is 5.26. The van der Waals surface area contributed by atoms with E-state index in [0.717, 1.165) is 22.7 Å². The van der Waals surface area contributed by atoms with Gasteiger partial charge in [0.25, 0.3) is 0 Å². The zero-order valence-electron chi connectivity index (χ0n) is 15.1. The average Bonchev–Trinajstić information content (AvgIpc) is 3.28. The quantitative estimate of drug-likeness (QED) is 0.386. The van der Waals surface area contributed by atoms with Crippen molar-refractivity contribution in [3.05, 3.63) is 76.4 Å². The van der Waals surface area contributed by atoms with Crippen molar-refractivity contribution in [2.45, 2.75) is 12.8 Å². The van der Waals surface area contributed by atoms with Crippen LogP contribution < -0.4 is 5.32 Å². The maximum atomic E-state index is 12.8. The number of amides is 1. The molecule has 0 fully saturated rings. The van der Waals surface area contributed by atoms with Crippen molar-refractivity contribution >= 4 is 39.7 Å². The van der Waals surface area contributed by atoms with Gasteiger partial charge in [0.1, 0.15) is 6.61 Å². The van der Waals surface area contributed by atoms with Crippen molar-refractivity contribution in [3.63, 3.8) is 0 Å². The molecular weight excluding hydrogens is 439 g/mol. The van der Waals surface area contributed by atoms with E-state index < -0.39 is 17.8 Å². The van der Waals surface area contributed by atoms with Gasteiger partial charge in [0.15, 0.2) is 4.96 Å². The Morgan fingerprint density at radius 2 is 1.97 bits per heavy atom. The first-order valence-electron chi connectivity index (χ1n) is 8.62. The molecule has 2 aromatic carbocycles. The van der Waals surface area contributed by atoms with Gasteiger partial charge in [-0.05, 0) is 30.3 Å². The second kappa shape index (κ2) is 8.00. The Labute approximate surface area is 177 Å². The Morgan fingerprint density at radius 3 is 2.70 bits per heavy atom. The lowest BCUT2D eigenvalue weighted by molar-refractivity contribution is -0.137. The monoisotopic (exact) mass is 451 g/mol. The van der Waals surface area contributed by atoms with Crippen molar-refractivity contribution in [1.29, 1.82) is 0 Å². The predicted molar refractivity (Wildman–Crippen MR) is 109 cm³/mol. The zero-order valence-corrected chi connectivity index (χ0v) is 16.7. The Morgan fingerprint density at radius 1 is 1.20 bits per heavy atom. The number of thiazole rings is 1. The van der Waals surface area contributed by atoms with E-state index >= 15 is 0 Å². The highest BCUT2D eigenvalue weighted by molar-refractivity contribution is 7.15. The summed E-state index contributed by atoms with van der Waals surface area (Å²) in [5.41, 5.74) is 1.19. The van der Waals surface area contributed by atoms with Crippen molar-refractivity contribution in [2.24, 2.45) is 0 Å². The molecule has 0 aliphatic carbocycles. The lowest BCUT2D eigenvalue weighted by Crippen LogP contribution is -2.15. The molecule has 0 atom stereocenters. The van der Waals surface area contributed by atoms with Crippen LogP contribution in [0, 0.1) is 0 Å². The number of aromatic nitrogens is 2. The summed E-state index contributed by atoms with van der Waals surface area (Å²) in [6.07, 6.45) is -3.57. The first-order chi connectivity index (χ1) is 14.3. The number of rotatable bonds is 4. The molecule has 0 spiro atoms. The van der Waals surface area contributed by atoms with Crippen LogP contribution in [0.3, 0.4) is 0 Å². The molecule has 10 heteroatoms. The molecule has 0 unspecified atom stereocenters. The number of fused-ring (bicyclic) bond motifs is 1. The predicted octanol–water partition coefficient (Wildman–Crippen LogP) is 6.48. The number of nitrogens with one attached hydrogen (secondary N) is 1. The molecule has 5 nitrogen and oxygen atoms in total. The third-order valence-electron chi connectivity index (χ3n) is 4.25. The smallest absolute Gasteiger partial charge is 0.416 e. The van der Waals surface area contributed by atoms with Crippen molar-refractivity contribution in [1.82, 2.24) is 9.38 Å². The van der Waals surface area contributed by atoms with Crippen LogP contribution in [-0.4, -0.2) is 15.5 Å². The normalized spacial score (nSPS) is 11.6. The maximum absolute atomic E-state index is 12.8. The first-order valence-corrected chi connectivity index (χ1v) is 9.88. The van der Waals surface area contributed by atoms with Crippen LogP contribution >= 0.6 is 22.9 Å². The molecule has 30 heavy (non-hydrogen) atoms. The number of carbonyl (C=O) groups is 1. The lowest BCUT2D eigenvalue weighted by Gasteiger charge is -2.11. The summed E-state index contributed by atoms with van der Waals surface area (Å²) in [4.78, 5) is 17.5. The van der Waals surface area contributed by atoms with Crippen molar-refractivity contribution in [3.8, 4) is 11.3 Å². The van der Waals surface area contributed by atoms with E-state index in [1.807, 2.05) is 5.38 Å². The molecule has 0 aliphatic heterocycles. The Bertz CT molecular complexity index is 1200. The largest absolute Gasteiger partial charge is 0.443 e. The standard InChI is InChI=1S/C20H13ClF3N3O2S/c21-14-6-4-12(5-7-14)17-16(27-8-9-30-18(27)26-17)11-29-19(28)25-15-3-1-2-13(10-15)20(22,23)24/h1-10H,11H2,(H,25,28). The molecular formula is C20H13ClF3N3O2S. The second-order valence-corrected chi connectivity index (χ2v) is 7.56. The Balaban J connectivity index is 1.52. The van der Waals surface area contributed by atoms with E-state index in [1.165, 1.54) is 23.5 Å². The van der Waals surface area contributed by atoms with Gasteiger partial charge in [0.05, 0.1) is 17.0 Å². The third kappa shape index (κ3) is 4.27. The minimum absolute atomic E-state index is 0.0123. The van der Waals surface area contributed by atoms with Gasteiger partial charge in [-0.15, -0.1) is 11.3 Å². The van der Waals surface area contributed by atoms with Gasteiger partial charge < -0.3 is 4.74 Å². The summed E-state index contributed by atoms with van der Waals surface area (Å²) in [6, 6.07) is 11.4. The minimum atomic E-state index is -4.50. The molecule has 4 rings (SSSR count). The molecule has 0 bridgehead atoms. The molecule has 2 aromatic heterocycles. The fourth-order valence-corrected chi connectivity index (χ4v) is 3.73. The van der Waals surface area contributed by atoms with Crippen LogP contribution in [0.2, 0.25) is 5.02 Å². The molecule has 0 aliphatic rings. The Hall–Kier alpha value is -3.04. The van der Waals surface area contributed by atoms with Gasteiger partial charge in [0.2, 0.25) is 0 Å². The summed E-state index contributed by atoms with van der Waals surface area (Å²) in [5.74, 6) is 0. The van der Waals surface area contributed by atoms with Crippen molar-refractivity contribution in [2.75, 3.05) is 5.32 Å². The highest BCUT2D eigenvalue weighted by Gasteiger charge is 2.30. The Kier molecular flexibility index (Phi) is 5.40. The zero-order chi connectivity index (χ0) is 21.3. The summed E-state index contributed by atoms with van der Waals surface area (Å²) in [7, 11) is 0. The number of hydrogen-bond donors (Lipinski definition) is 1. The van der Waals surface area contributed by atoms with Gasteiger partial charge in [-0.1, -0.05) is 29.8 Å². The van der Waals surface area contributed by atoms with Gasteiger partial charge in [-0.2, -0.15) is 13.2 Å². The SMILES string of the molecule is O=C(Nc1cccc(C(F)(F)F)c1)OCc1c(-c2ccc(Cl)cc2)nc2sccn12. The molecule has 0 saturated carbocycles. The van der Waals surface area contributed by atoms with Crippen LogP contribution in [0.25, 0.3) is 16.2 Å². The molecule has 2 heterocycles. The number of carbonyl (C=O) groups excluding carboxylic acids is 1. The van der Waals surface area contributed by atoms with E-state index in [1.54, 1.807) is 34.9 Å². The highest BCUT2D eigenvalue weighted by Crippen LogP contribution is 2.31. The maximum Gasteiger partial charge on any atom is 0.416 e. The number of nitrogens with zero attached hydrogens (tertiary/aromatic N) is 2. The fraction of sp³-hybridized carbons (Fsp3) is 0.100. The van der Waals surface area contributed by atoms with Gasteiger partial charge >= 0.3 is 12.3 Å². The fourth-order valence-electron chi connectivity index (χ4n) is 2.87. The number of benzene rings is 2. The molecule has 1 amide bonds. The highest BCUT2D eigenvalue weighted by atomic mass is 35.5. The average molecular weight is 452 g/mol. The van der Waals surface area contributed by atoms with E-state index in [9.17, 15) is 18.0 Å². The number of imidazole rings is 1. The summed E-state index contributed by atoms with van der Waals surface area (Å²) >= 11 is 7.37. The summed E-state index contributed by atoms with van der Waals surface area (Å²) < 4.78 is 45.5. The number of anilines is 1. The van der Waals surface area contributed by atoms with Gasteiger partial charge in [-0.25, -0.2) is 9.78 Å². The lowest BCUT2D eigenvalue weighted by atomic mass is 10.1. The van der Waals surface area contributed by atoms with Crippen molar-refractivity contribution < 1.29 is 22.7 Å². The van der Waals surface area contributed by atoms with Crippen LogP contribution in [0.1, 0.15) is 11.3 Å². The molecule has 0 radical (unpaired) electrons. The number of ether oxygens (including phenoxy) is 1. The molecule has 0 saturated heterocycles. The topological polar surface area (TPSA) is 55.6 Å². The van der Waals surface area contributed by atoms with Crippen LogP contribution in [0.5, 0.6) is 0 Å². The molecule has 1 N–H and O–H groups in total. The van der Waals surface area contributed by atoms with Crippen LogP contribution in [0.4, 0.5) is 23.7 Å². The van der Waals surface area contributed by atoms with E-state index in [4.69, 9.17) is 16.3 Å². The molecule has 154 valence electrons. The summed E-state index contributed by atoms with van der Waals surface area (Å²) in [6.45, 7) is -0.124. The summed E-state index contributed by atoms with van der Waals surface area (Å²) in [5, 5.41) is 4.75.